The Balaban J connectivity index is 1.42. The first-order chi connectivity index (χ1) is 12.1. The van der Waals surface area contributed by atoms with Crippen LogP contribution in [0.1, 0.15) is 29.6 Å². The van der Waals surface area contributed by atoms with Crippen LogP contribution in [0.2, 0.25) is 0 Å². The second-order valence-corrected chi connectivity index (χ2v) is 7.08. The molecule has 1 atom stereocenters. The van der Waals surface area contributed by atoms with Gasteiger partial charge >= 0.3 is 0 Å². The van der Waals surface area contributed by atoms with Crippen molar-refractivity contribution in [2.24, 2.45) is 0 Å². The number of carbonyl (C=O) groups excluding carboxylic acids is 1. The number of nitrogens with one attached hydrogen (secondary N) is 1. The summed E-state index contributed by atoms with van der Waals surface area (Å²) in [7, 11) is 2.19. The average molecular weight is 347 g/mol. The zero-order valence-corrected chi connectivity index (χ0v) is 15.0. The first kappa shape index (κ1) is 18.2. The van der Waals surface area contributed by atoms with E-state index in [1.165, 1.54) is 32.0 Å². The molecule has 0 saturated carbocycles. The summed E-state index contributed by atoms with van der Waals surface area (Å²) < 4.78 is 5.88. The van der Waals surface area contributed by atoms with Gasteiger partial charge in [-0.2, -0.15) is 0 Å². The highest BCUT2D eigenvalue weighted by molar-refractivity contribution is 5.96. The Morgan fingerprint density at radius 1 is 1.28 bits per heavy atom. The van der Waals surface area contributed by atoms with E-state index in [-0.39, 0.29) is 17.8 Å². The first-order valence-electron chi connectivity index (χ1n) is 9.24. The number of morpholine rings is 1. The number of hydrogen-bond acceptors (Lipinski definition) is 5. The molecule has 1 aromatic carbocycles. The molecule has 1 amide bonds. The smallest absolute Gasteiger partial charge is 0.255 e. The fraction of sp³-hybridized carbons (Fsp3) is 0.632. The van der Waals surface area contributed by atoms with Gasteiger partial charge in [0.2, 0.25) is 0 Å². The van der Waals surface area contributed by atoms with E-state index in [0.717, 1.165) is 26.1 Å². The summed E-state index contributed by atoms with van der Waals surface area (Å²) in [5.74, 6) is -0.219. The van der Waals surface area contributed by atoms with Crippen LogP contribution in [0, 0.1) is 0 Å². The minimum Gasteiger partial charge on any atom is -0.507 e. The molecule has 6 nitrogen and oxygen atoms in total. The summed E-state index contributed by atoms with van der Waals surface area (Å²) in [6.45, 7) is 5.62. The fourth-order valence-corrected chi connectivity index (χ4v) is 3.72. The Hall–Kier alpha value is -1.63. The van der Waals surface area contributed by atoms with Gasteiger partial charge in [-0.15, -0.1) is 0 Å². The average Bonchev–Trinajstić information content (AvgIpc) is 2.63. The van der Waals surface area contributed by atoms with Gasteiger partial charge in [0, 0.05) is 25.7 Å². The molecule has 2 aliphatic heterocycles. The molecule has 2 aliphatic rings. The van der Waals surface area contributed by atoms with Crippen LogP contribution < -0.4 is 5.32 Å². The van der Waals surface area contributed by atoms with Crippen LogP contribution in [0.15, 0.2) is 24.3 Å². The molecule has 0 bridgehead atoms. The van der Waals surface area contributed by atoms with E-state index >= 15 is 0 Å². The van der Waals surface area contributed by atoms with Crippen molar-refractivity contribution in [2.45, 2.75) is 31.4 Å². The Bertz CT molecular complexity index is 573. The van der Waals surface area contributed by atoms with E-state index in [9.17, 15) is 9.90 Å². The zero-order valence-electron chi connectivity index (χ0n) is 15.0. The van der Waals surface area contributed by atoms with Gasteiger partial charge in [0.25, 0.3) is 5.91 Å². The molecule has 2 fully saturated rings. The van der Waals surface area contributed by atoms with Crippen LogP contribution in [0.3, 0.4) is 0 Å². The van der Waals surface area contributed by atoms with Gasteiger partial charge in [-0.25, -0.2) is 0 Å². The van der Waals surface area contributed by atoms with Crippen LogP contribution in [-0.4, -0.2) is 79.3 Å². The van der Waals surface area contributed by atoms with Gasteiger partial charge in [0.15, 0.2) is 0 Å². The quantitative estimate of drug-likeness (QED) is 0.841. The van der Waals surface area contributed by atoms with Crippen molar-refractivity contribution in [3.63, 3.8) is 0 Å². The fourth-order valence-electron chi connectivity index (χ4n) is 3.72. The van der Waals surface area contributed by atoms with Crippen LogP contribution in [-0.2, 0) is 4.74 Å². The third-order valence-electron chi connectivity index (χ3n) is 5.28. The third-order valence-corrected chi connectivity index (χ3v) is 5.28. The lowest BCUT2D eigenvalue weighted by atomic mass is 10.0. The maximum absolute atomic E-state index is 12.1. The number of ether oxygens (including phenoxy) is 1. The molecule has 2 N–H and O–H groups in total. The van der Waals surface area contributed by atoms with Crippen molar-refractivity contribution in [3.8, 4) is 5.75 Å². The van der Waals surface area contributed by atoms with E-state index in [1.54, 1.807) is 18.2 Å². The second kappa shape index (κ2) is 8.65. The van der Waals surface area contributed by atoms with E-state index in [0.29, 0.717) is 18.2 Å². The number of aromatic hydroxyl groups is 1. The number of piperidine rings is 1. The Kier molecular flexibility index (Phi) is 6.29. The molecule has 3 rings (SSSR count). The van der Waals surface area contributed by atoms with Gasteiger partial charge in [0.05, 0.1) is 18.3 Å². The largest absolute Gasteiger partial charge is 0.507 e. The van der Waals surface area contributed by atoms with Gasteiger partial charge in [-0.05, 0) is 51.5 Å². The van der Waals surface area contributed by atoms with Crippen LogP contribution in [0.5, 0.6) is 5.75 Å². The van der Waals surface area contributed by atoms with Crippen LogP contribution in [0.4, 0.5) is 0 Å². The van der Waals surface area contributed by atoms with Gasteiger partial charge in [0.1, 0.15) is 5.75 Å². The molecule has 0 aromatic heterocycles. The van der Waals surface area contributed by atoms with Crippen molar-refractivity contribution in [2.75, 3.05) is 46.4 Å². The van der Waals surface area contributed by atoms with Crippen molar-refractivity contribution in [1.82, 2.24) is 15.1 Å². The topological polar surface area (TPSA) is 65.0 Å². The second-order valence-electron chi connectivity index (χ2n) is 7.08. The summed E-state index contributed by atoms with van der Waals surface area (Å²) >= 11 is 0. The highest BCUT2D eigenvalue weighted by Crippen LogP contribution is 2.20. The molecule has 0 aliphatic carbocycles. The maximum Gasteiger partial charge on any atom is 0.255 e. The minimum absolute atomic E-state index is 0.0161. The summed E-state index contributed by atoms with van der Waals surface area (Å²) in [6.07, 6.45) is 3.42. The number of rotatable bonds is 5. The normalized spacial score (nSPS) is 23.5. The molecule has 25 heavy (non-hydrogen) atoms. The molecule has 0 radical (unpaired) electrons. The lowest BCUT2D eigenvalue weighted by molar-refractivity contribution is -0.0532. The van der Waals surface area contributed by atoms with Gasteiger partial charge < -0.3 is 20.1 Å². The van der Waals surface area contributed by atoms with E-state index in [2.05, 4.69) is 22.2 Å². The Morgan fingerprint density at radius 3 is 2.80 bits per heavy atom. The number of para-hydroxylation sites is 1. The number of benzene rings is 1. The van der Waals surface area contributed by atoms with Crippen molar-refractivity contribution in [1.29, 1.82) is 0 Å². The van der Waals surface area contributed by atoms with Crippen LogP contribution >= 0.6 is 0 Å². The molecule has 6 heteroatoms. The number of nitrogens with zero attached hydrogens (tertiary/aromatic N) is 2. The number of phenolic OH excluding ortho intramolecular Hbond substituents is 1. The zero-order chi connectivity index (χ0) is 17.6. The number of amides is 1. The van der Waals surface area contributed by atoms with E-state index in [4.69, 9.17) is 4.74 Å². The highest BCUT2D eigenvalue weighted by Gasteiger charge is 2.28. The van der Waals surface area contributed by atoms with Crippen molar-refractivity contribution < 1.29 is 14.6 Å². The molecule has 138 valence electrons. The van der Waals surface area contributed by atoms with E-state index in [1.807, 2.05) is 0 Å². The number of likely N-dealkylation sites (tertiary alicyclic amines) is 1. The Labute approximate surface area is 149 Å². The predicted octanol–water partition coefficient (Wildman–Crippen LogP) is 1.31. The number of phenols is 1. The highest BCUT2D eigenvalue weighted by atomic mass is 16.5. The van der Waals surface area contributed by atoms with Crippen molar-refractivity contribution in [3.05, 3.63) is 29.8 Å². The summed E-state index contributed by atoms with van der Waals surface area (Å²) in [4.78, 5) is 17.1. The Morgan fingerprint density at radius 2 is 2.04 bits per heavy atom. The molecule has 2 saturated heterocycles. The minimum atomic E-state index is -0.235. The van der Waals surface area contributed by atoms with E-state index < -0.39 is 0 Å². The SMILES string of the molecule is CN1CCC(N2CCOC(CCNC(=O)c3ccccc3O)C2)CC1. The lowest BCUT2D eigenvalue weighted by Gasteiger charge is -2.41. The predicted molar refractivity (Wildman–Crippen MR) is 96.9 cm³/mol. The number of carbonyl (C=O) groups is 1. The van der Waals surface area contributed by atoms with Gasteiger partial charge in [-0.1, -0.05) is 12.1 Å². The molecule has 1 aromatic rings. The third kappa shape index (κ3) is 4.93. The van der Waals surface area contributed by atoms with Crippen molar-refractivity contribution >= 4 is 5.91 Å². The first-order valence-corrected chi connectivity index (χ1v) is 9.24. The standard InChI is InChI=1S/C19H29N3O3/c1-21-10-7-15(8-11-21)22-12-13-25-16(14-22)6-9-20-19(24)17-4-2-3-5-18(17)23/h2-5,15-16,23H,6-14H2,1H3,(H,20,24). The van der Waals surface area contributed by atoms with Crippen LogP contribution in [0.25, 0.3) is 0 Å². The summed E-state index contributed by atoms with van der Waals surface area (Å²) in [5.41, 5.74) is 0.319. The molecule has 2 heterocycles. The molecular weight excluding hydrogens is 318 g/mol. The lowest BCUT2D eigenvalue weighted by Crippen LogP contribution is -2.51. The maximum atomic E-state index is 12.1. The summed E-state index contributed by atoms with van der Waals surface area (Å²) in [5, 5.41) is 12.6. The summed E-state index contributed by atoms with van der Waals surface area (Å²) in [6, 6.07) is 7.28. The number of hydrogen-bond donors (Lipinski definition) is 2. The molecular formula is C19H29N3O3. The molecule has 1 unspecified atom stereocenters. The monoisotopic (exact) mass is 347 g/mol. The molecule has 0 spiro atoms. The van der Waals surface area contributed by atoms with Gasteiger partial charge in [-0.3, -0.25) is 9.69 Å².